The van der Waals surface area contributed by atoms with Gasteiger partial charge in [-0.1, -0.05) is 18.8 Å². The molecule has 0 aromatic heterocycles. The highest BCUT2D eigenvalue weighted by atomic mass is 16.6. The Morgan fingerprint density at radius 2 is 1.80 bits per heavy atom. The van der Waals surface area contributed by atoms with Crippen LogP contribution in [0.4, 0.5) is 4.79 Å². The highest BCUT2D eigenvalue weighted by Crippen LogP contribution is 2.09. The number of nitrogens with two attached hydrogens (primary N) is 3. The molecule has 1 unspecified atom stereocenters. The van der Waals surface area contributed by atoms with Crippen LogP contribution in [0.5, 0.6) is 0 Å². The van der Waals surface area contributed by atoms with E-state index in [-0.39, 0.29) is 35.9 Å². The van der Waals surface area contributed by atoms with Crippen LogP contribution in [0.2, 0.25) is 0 Å². The maximum atomic E-state index is 12.0. The van der Waals surface area contributed by atoms with E-state index < -0.39 is 12.5 Å². The summed E-state index contributed by atoms with van der Waals surface area (Å²) in [7, 11) is 1.45. The smallest absolute Gasteiger partial charge is 0.409 e. The average molecular weight is 497 g/mol. The molecule has 1 fully saturated rings. The van der Waals surface area contributed by atoms with Crippen LogP contribution in [0.1, 0.15) is 27.2 Å². The molecule has 198 valence electrons. The molecule has 0 spiro atoms. The number of aliphatic hydroxyl groups is 1. The van der Waals surface area contributed by atoms with Crippen molar-refractivity contribution in [2.45, 2.75) is 39.7 Å². The molecule has 8 N–H and O–H groups in total. The fraction of sp³-hybridized carbons (Fsp3) is 0.682. The summed E-state index contributed by atoms with van der Waals surface area (Å²) in [5, 5.41) is 12.9. The van der Waals surface area contributed by atoms with Gasteiger partial charge in [0.25, 0.3) is 0 Å². The number of piperazine rings is 1. The van der Waals surface area contributed by atoms with Crippen LogP contribution in [-0.2, 0) is 14.3 Å². The number of aliphatic imine (C=N–C) groups is 1. The largest absolute Gasteiger partial charge is 0.450 e. The summed E-state index contributed by atoms with van der Waals surface area (Å²) in [5.41, 5.74) is 17.8. The first-order chi connectivity index (χ1) is 16.7. The number of nitrogens with zero attached hydrogens (tertiary/aromatic N) is 4. The molecular weight excluding hydrogens is 456 g/mol. The number of amidine groups is 1. The minimum absolute atomic E-state index is 0.0327. The predicted molar refractivity (Wildman–Crippen MR) is 132 cm³/mol. The van der Waals surface area contributed by atoms with Gasteiger partial charge in [0, 0.05) is 39.8 Å². The van der Waals surface area contributed by atoms with Gasteiger partial charge in [0.2, 0.25) is 12.3 Å². The van der Waals surface area contributed by atoms with Crippen molar-refractivity contribution >= 4 is 17.8 Å². The molecule has 13 nitrogen and oxygen atoms in total. The van der Waals surface area contributed by atoms with Crippen LogP contribution in [0.25, 0.3) is 0 Å². The van der Waals surface area contributed by atoms with Crippen LogP contribution in [0, 0.1) is 11.8 Å². The third-order valence-electron chi connectivity index (χ3n) is 5.22. The van der Waals surface area contributed by atoms with Gasteiger partial charge in [-0.15, -0.1) is 0 Å². The van der Waals surface area contributed by atoms with E-state index >= 15 is 0 Å². The summed E-state index contributed by atoms with van der Waals surface area (Å²) in [4.78, 5) is 32.8. The molecule has 1 aliphatic rings. The van der Waals surface area contributed by atoms with Crippen LogP contribution >= 0.6 is 0 Å². The van der Waals surface area contributed by atoms with Crippen LogP contribution in [0.3, 0.4) is 0 Å². The molecule has 2 atom stereocenters. The van der Waals surface area contributed by atoms with E-state index in [1.807, 2.05) is 0 Å². The minimum atomic E-state index is -1.52. The van der Waals surface area contributed by atoms with E-state index in [4.69, 9.17) is 26.7 Å². The zero-order valence-corrected chi connectivity index (χ0v) is 21.1. The number of rotatable bonds is 11. The molecule has 0 saturated carbocycles. The molecule has 35 heavy (non-hydrogen) atoms. The topological polar surface area (TPSA) is 185 Å². The third kappa shape index (κ3) is 9.89. The first-order valence-electron chi connectivity index (χ1n) is 11.6. The lowest BCUT2D eigenvalue weighted by Crippen LogP contribution is -2.48. The molecule has 0 radical (unpaired) electrons. The Labute approximate surface area is 207 Å². The van der Waals surface area contributed by atoms with Crippen molar-refractivity contribution in [2.75, 3.05) is 59.5 Å². The lowest BCUT2D eigenvalue weighted by Gasteiger charge is -2.32. The number of aliphatic hydroxyl groups excluding tert-OH is 1. The van der Waals surface area contributed by atoms with Crippen LogP contribution in [-0.4, -0.2) is 110 Å². The van der Waals surface area contributed by atoms with E-state index in [9.17, 15) is 14.7 Å². The van der Waals surface area contributed by atoms with Gasteiger partial charge < -0.3 is 46.9 Å². The molecule has 0 bridgehead atoms. The molecule has 1 aliphatic heterocycles. The van der Waals surface area contributed by atoms with Crippen molar-refractivity contribution in [3.05, 3.63) is 11.5 Å². The number of nitrogens with one attached hydrogen (secondary N) is 1. The van der Waals surface area contributed by atoms with Crippen LogP contribution < -0.4 is 22.5 Å². The Kier molecular flexibility index (Phi) is 13.3. The lowest BCUT2D eigenvalue weighted by atomic mass is 10.2. The number of amides is 2. The van der Waals surface area contributed by atoms with Gasteiger partial charge in [-0.2, -0.15) is 0 Å². The Bertz CT molecular complexity index is 814. The number of hydrogen-bond acceptors (Lipinski definition) is 10. The molecule has 1 heterocycles. The monoisotopic (exact) mass is 496 g/mol. The summed E-state index contributed by atoms with van der Waals surface area (Å²) in [5.74, 6) is 5.50. The zero-order valence-electron chi connectivity index (χ0n) is 21.1. The van der Waals surface area contributed by atoms with Gasteiger partial charge in [-0.05, 0) is 20.3 Å². The number of ether oxygens (including phenoxy) is 2. The Morgan fingerprint density at radius 3 is 2.37 bits per heavy atom. The van der Waals surface area contributed by atoms with Crippen molar-refractivity contribution < 1.29 is 24.2 Å². The van der Waals surface area contributed by atoms with E-state index in [1.165, 1.54) is 7.05 Å². The Morgan fingerprint density at radius 1 is 1.14 bits per heavy atom. The van der Waals surface area contributed by atoms with Crippen molar-refractivity contribution in [2.24, 2.45) is 22.2 Å². The summed E-state index contributed by atoms with van der Waals surface area (Å²) < 4.78 is 10.4. The fourth-order valence-corrected chi connectivity index (χ4v) is 3.05. The minimum Gasteiger partial charge on any atom is -0.450 e. The zero-order chi connectivity index (χ0) is 26.4. The second-order valence-electron chi connectivity index (χ2n) is 7.68. The van der Waals surface area contributed by atoms with Crippen molar-refractivity contribution in [3.63, 3.8) is 0 Å². The molecule has 0 aliphatic carbocycles. The normalized spacial score (nSPS) is 16.9. The summed E-state index contributed by atoms with van der Waals surface area (Å²) in [6.07, 6.45) is -2.29. The van der Waals surface area contributed by atoms with Gasteiger partial charge in [0.05, 0.1) is 13.2 Å². The molecule has 2 amide bonds. The van der Waals surface area contributed by atoms with Crippen molar-refractivity contribution in [1.29, 1.82) is 0 Å². The first-order valence-corrected chi connectivity index (χ1v) is 11.6. The highest BCUT2D eigenvalue weighted by molar-refractivity contribution is 5.96. The number of likely N-dealkylation sites (N-methyl/N-ethyl adjacent to an activating group) is 1. The SMILES string of the molecule is CCNC(=O)C(CC)O[C@H](O)N(C)/C(N)=C(\N)C(N)=NCC#CCN1CCN(C(=O)OCC)CC1. The molecule has 0 aromatic rings. The number of hydrogen-bond donors (Lipinski definition) is 5. The molecular formula is C22H40N8O5. The molecule has 1 rings (SSSR count). The van der Waals surface area contributed by atoms with E-state index in [0.29, 0.717) is 52.3 Å². The van der Waals surface area contributed by atoms with Crippen LogP contribution in [0.15, 0.2) is 16.5 Å². The predicted octanol–water partition coefficient (Wildman–Crippen LogP) is -1.65. The second kappa shape index (κ2) is 15.6. The molecule has 1 saturated heterocycles. The van der Waals surface area contributed by atoms with E-state index in [0.717, 1.165) is 4.90 Å². The van der Waals surface area contributed by atoms with Gasteiger partial charge in [-0.3, -0.25) is 14.7 Å². The fourth-order valence-electron chi connectivity index (χ4n) is 3.05. The standard InChI is InChI=1S/C22H40N8O5/c1-5-16(20(31)26-6-2)35-21(32)28(4)19(25)17(23)18(24)27-10-8-9-11-29-12-14-30(15-13-29)22(33)34-7-3/h16,21,32H,5-7,10-15,23,25H2,1-4H3,(H2,24,27)(H,26,31)/b19-17-/t16?,21-/m0/s1. The quantitative estimate of drug-likeness (QED) is 0.0960. The van der Waals surface area contributed by atoms with E-state index in [2.05, 4.69) is 27.0 Å². The van der Waals surface area contributed by atoms with Gasteiger partial charge in [-0.25, -0.2) is 4.79 Å². The number of carbonyl (C=O) groups excluding carboxylic acids is 2. The van der Waals surface area contributed by atoms with E-state index in [1.54, 1.807) is 25.7 Å². The average Bonchev–Trinajstić information content (AvgIpc) is 2.85. The first kappa shape index (κ1) is 29.8. The lowest BCUT2D eigenvalue weighted by molar-refractivity contribution is -0.204. The highest BCUT2D eigenvalue weighted by Gasteiger charge is 2.24. The second-order valence-corrected chi connectivity index (χ2v) is 7.68. The maximum absolute atomic E-state index is 12.0. The summed E-state index contributed by atoms with van der Waals surface area (Å²) in [6, 6.07) is 0. The van der Waals surface area contributed by atoms with Crippen molar-refractivity contribution in [3.8, 4) is 11.8 Å². The Balaban J connectivity index is 2.57. The number of carbonyl (C=O) groups is 2. The third-order valence-corrected chi connectivity index (χ3v) is 5.22. The van der Waals surface area contributed by atoms with Gasteiger partial charge >= 0.3 is 6.09 Å². The van der Waals surface area contributed by atoms with Crippen molar-refractivity contribution in [1.82, 2.24) is 20.0 Å². The Hall–Kier alpha value is -3.21. The molecule has 13 heteroatoms. The summed E-state index contributed by atoms with van der Waals surface area (Å²) in [6.45, 7) is 9.40. The van der Waals surface area contributed by atoms with Gasteiger partial charge in [0.1, 0.15) is 30.0 Å². The van der Waals surface area contributed by atoms with Gasteiger partial charge in [0.15, 0.2) is 0 Å². The molecule has 0 aromatic carbocycles. The summed E-state index contributed by atoms with van der Waals surface area (Å²) >= 11 is 0. The maximum Gasteiger partial charge on any atom is 0.409 e.